The highest BCUT2D eigenvalue weighted by Gasteiger charge is 2.09. The summed E-state index contributed by atoms with van der Waals surface area (Å²) < 4.78 is 11.0. The maximum atomic E-state index is 5.88. The summed E-state index contributed by atoms with van der Waals surface area (Å²) in [6.45, 7) is 7.26. The van der Waals surface area contributed by atoms with Gasteiger partial charge >= 0.3 is 0 Å². The van der Waals surface area contributed by atoms with Crippen molar-refractivity contribution in [2.24, 2.45) is 0 Å². The Balaban J connectivity index is 2.03. The fraction of sp³-hybridized carbons (Fsp3) is 0.294. The second-order valence-corrected chi connectivity index (χ2v) is 11.3. The van der Waals surface area contributed by atoms with Gasteiger partial charge in [0, 0.05) is 10.8 Å². The normalized spacial score (nSPS) is 10.7. The summed E-state index contributed by atoms with van der Waals surface area (Å²) in [7, 11) is 0.307. The molecule has 4 heteroatoms. The van der Waals surface area contributed by atoms with Gasteiger partial charge in [0.2, 0.25) is 0 Å². The van der Waals surface area contributed by atoms with Crippen molar-refractivity contribution in [2.75, 3.05) is 7.11 Å². The summed E-state index contributed by atoms with van der Waals surface area (Å²) in [5.74, 6) is 5.00. The van der Waals surface area contributed by atoms with Crippen molar-refractivity contribution < 1.29 is 9.47 Å². The smallest absolute Gasteiger partial charge is 0.146 e. The highest BCUT2D eigenvalue weighted by atomic mass is 32.1. The first-order chi connectivity index (χ1) is 9.98. The van der Waals surface area contributed by atoms with E-state index in [-0.39, 0.29) is 0 Å². The molecule has 0 aliphatic rings. The third-order valence-electron chi connectivity index (χ3n) is 2.75. The Kier molecular flexibility index (Phi) is 5.11. The molecule has 0 amide bonds. The SMILES string of the molecule is COc1ccc(COc2cscc2C#C[Si](C)(C)C)cc1. The topological polar surface area (TPSA) is 18.5 Å². The summed E-state index contributed by atoms with van der Waals surface area (Å²) in [4.78, 5) is 0. The van der Waals surface area contributed by atoms with Crippen LogP contribution < -0.4 is 9.47 Å². The molecule has 1 heterocycles. The van der Waals surface area contributed by atoms with Crippen LogP contribution in [0.25, 0.3) is 0 Å². The van der Waals surface area contributed by atoms with Crippen LogP contribution in [0.2, 0.25) is 19.6 Å². The minimum Gasteiger partial charge on any atom is -0.497 e. The van der Waals surface area contributed by atoms with Gasteiger partial charge < -0.3 is 9.47 Å². The minimum absolute atomic E-state index is 0.544. The lowest BCUT2D eigenvalue weighted by atomic mass is 10.2. The predicted molar refractivity (Wildman–Crippen MR) is 91.9 cm³/mol. The molecule has 21 heavy (non-hydrogen) atoms. The maximum Gasteiger partial charge on any atom is 0.146 e. The average molecular weight is 316 g/mol. The molecule has 0 N–H and O–H groups in total. The van der Waals surface area contributed by atoms with Crippen LogP contribution in [-0.4, -0.2) is 15.2 Å². The number of rotatable bonds is 4. The number of ether oxygens (including phenoxy) is 2. The van der Waals surface area contributed by atoms with E-state index in [4.69, 9.17) is 9.47 Å². The van der Waals surface area contributed by atoms with E-state index >= 15 is 0 Å². The molecule has 2 rings (SSSR count). The van der Waals surface area contributed by atoms with Gasteiger partial charge in [0.25, 0.3) is 0 Å². The number of hydrogen-bond acceptors (Lipinski definition) is 3. The summed E-state index contributed by atoms with van der Waals surface area (Å²) in [5, 5.41) is 4.06. The molecule has 0 bridgehead atoms. The Morgan fingerprint density at radius 1 is 1.10 bits per heavy atom. The quantitative estimate of drug-likeness (QED) is 0.608. The zero-order valence-corrected chi connectivity index (χ0v) is 14.7. The van der Waals surface area contributed by atoms with Crippen LogP contribution in [0.15, 0.2) is 35.0 Å². The molecule has 2 nitrogen and oxygen atoms in total. The van der Waals surface area contributed by atoms with Gasteiger partial charge in [0.15, 0.2) is 0 Å². The first-order valence-corrected chi connectivity index (χ1v) is 11.3. The summed E-state index contributed by atoms with van der Waals surface area (Å²) >= 11 is 1.63. The standard InChI is InChI=1S/C17H20O2SSi/c1-18-16-7-5-14(6-8-16)11-19-17-13-20-12-15(17)9-10-21(2,3)4/h5-8,12-13H,11H2,1-4H3. The Morgan fingerprint density at radius 2 is 1.81 bits per heavy atom. The molecule has 0 radical (unpaired) electrons. The van der Waals surface area contributed by atoms with Gasteiger partial charge in [-0.2, -0.15) is 0 Å². The Labute approximate surface area is 131 Å². The average Bonchev–Trinajstić information content (AvgIpc) is 2.90. The summed E-state index contributed by atoms with van der Waals surface area (Å²) in [5.41, 5.74) is 5.49. The molecule has 0 spiro atoms. The van der Waals surface area contributed by atoms with E-state index in [2.05, 4.69) is 36.5 Å². The van der Waals surface area contributed by atoms with Crippen molar-refractivity contribution in [1.29, 1.82) is 0 Å². The van der Waals surface area contributed by atoms with Crippen molar-refractivity contribution in [3.63, 3.8) is 0 Å². The van der Waals surface area contributed by atoms with E-state index < -0.39 is 8.07 Å². The van der Waals surface area contributed by atoms with Crippen LogP contribution >= 0.6 is 11.3 Å². The third-order valence-corrected chi connectivity index (χ3v) is 4.35. The van der Waals surface area contributed by atoms with Gasteiger partial charge in [-0.1, -0.05) is 37.7 Å². The Bertz CT molecular complexity index is 642. The lowest BCUT2D eigenvalue weighted by molar-refractivity contribution is 0.306. The molecule has 0 fully saturated rings. The fourth-order valence-corrected chi connectivity index (χ4v) is 2.83. The second-order valence-electron chi connectivity index (χ2n) is 5.79. The largest absolute Gasteiger partial charge is 0.497 e. The third kappa shape index (κ3) is 4.96. The summed E-state index contributed by atoms with van der Waals surface area (Å²) in [6.07, 6.45) is 0. The monoisotopic (exact) mass is 316 g/mol. The molecular weight excluding hydrogens is 296 g/mol. The predicted octanol–water partition coefficient (Wildman–Crippen LogP) is 4.56. The van der Waals surface area contributed by atoms with E-state index in [9.17, 15) is 0 Å². The molecule has 0 atom stereocenters. The molecule has 110 valence electrons. The minimum atomic E-state index is -1.36. The van der Waals surface area contributed by atoms with Crippen molar-refractivity contribution in [1.82, 2.24) is 0 Å². The van der Waals surface area contributed by atoms with E-state index in [0.29, 0.717) is 6.61 Å². The van der Waals surface area contributed by atoms with Gasteiger partial charge in [-0.15, -0.1) is 16.9 Å². The van der Waals surface area contributed by atoms with E-state index in [1.165, 1.54) is 0 Å². The van der Waals surface area contributed by atoms with Gasteiger partial charge in [-0.3, -0.25) is 0 Å². The van der Waals surface area contributed by atoms with Crippen LogP contribution in [0.4, 0.5) is 0 Å². The molecule has 1 aromatic carbocycles. The Morgan fingerprint density at radius 3 is 2.43 bits per heavy atom. The molecule has 1 aromatic heterocycles. The molecule has 0 saturated heterocycles. The van der Waals surface area contributed by atoms with Gasteiger partial charge in [0.1, 0.15) is 26.2 Å². The van der Waals surface area contributed by atoms with E-state index in [1.807, 2.05) is 29.6 Å². The first kappa shape index (κ1) is 15.7. The molecule has 0 unspecified atom stereocenters. The Hall–Kier alpha value is -1.70. The van der Waals surface area contributed by atoms with Crippen molar-refractivity contribution in [3.8, 4) is 23.0 Å². The van der Waals surface area contributed by atoms with E-state index in [0.717, 1.165) is 22.6 Å². The molecule has 0 aliphatic heterocycles. The summed E-state index contributed by atoms with van der Waals surface area (Å²) in [6, 6.07) is 7.91. The van der Waals surface area contributed by atoms with Gasteiger partial charge in [-0.05, 0) is 17.7 Å². The van der Waals surface area contributed by atoms with Crippen LogP contribution in [0.3, 0.4) is 0 Å². The fourth-order valence-electron chi connectivity index (χ4n) is 1.63. The highest BCUT2D eigenvalue weighted by molar-refractivity contribution is 7.08. The number of methoxy groups -OCH3 is 1. The first-order valence-electron chi connectivity index (χ1n) is 6.83. The van der Waals surface area contributed by atoms with Gasteiger partial charge in [0.05, 0.1) is 12.7 Å². The highest BCUT2D eigenvalue weighted by Crippen LogP contribution is 2.24. The molecule has 2 aromatic rings. The zero-order chi connectivity index (χ0) is 15.3. The number of hydrogen-bond donors (Lipinski definition) is 0. The van der Waals surface area contributed by atoms with Crippen LogP contribution in [0.1, 0.15) is 11.1 Å². The van der Waals surface area contributed by atoms with E-state index in [1.54, 1.807) is 18.4 Å². The molecule has 0 saturated carbocycles. The van der Waals surface area contributed by atoms with Gasteiger partial charge in [-0.25, -0.2) is 0 Å². The number of benzene rings is 1. The van der Waals surface area contributed by atoms with Crippen molar-refractivity contribution in [2.45, 2.75) is 26.2 Å². The lowest BCUT2D eigenvalue weighted by Gasteiger charge is -2.07. The lowest BCUT2D eigenvalue weighted by Crippen LogP contribution is -2.16. The van der Waals surface area contributed by atoms with Crippen molar-refractivity contribution in [3.05, 3.63) is 46.2 Å². The molecular formula is C17H20O2SSi. The second kappa shape index (κ2) is 6.84. The van der Waals surface area contributed by atoms with Crippen LogP contribution in [0.5, 0.6) is 11.5 Å². The number of thiophene rings is 1. The zero-order valence-electron chi connectivity index (χ0n) is 12.9. The molecule has 0 aliphatic carbocycles. The van der Waals surface area contributed by atoms with Crippen LogP contribution in [-0.2, 0) is 6.61 Å². The van der Waals surface area contributed by atoms with Crippen LogP contribution in [0, 0.1) is 11.5 Å². The van der Waals surface area contributed by atoms with Crippen molar-refractivity contribution >= 4 is 19.4 Å². The maximum absolute atomic E-state index is 5.88.